The Labute approximate surface area is 90.4 Å². The molecule has 0 aliphatic heterocycles. The number of hydrogen-bond acceptors (Lipinski definition) is 4. The molecule has 1 aromatic carbocycles. The van der Waals surface area contributed by atoms with Crippen LogP contribution in [-0.2, 0) is 0 Å². The van der Waals surface area contributed by atoms with Crippen LogP contribution in [-0.4, -0.2) is 23.2 Å². The van der Waals surface area contributed by atoms with Gasteiger partial charge in [0.25, 0.3) is 0 Å². The van der Waals surface area contributed by atoms with Gasteiger partial charge in [-0.15, -0.1) is 0 Å². The van der Waals surface area contributed by atoms with Crippen molar-refractivity contribution >= 4 is 38.3 Å². The Balaban J connectivity index is 2.32. The molecule has 0 saturated carbocycles. The van der Waals surface area contributed by atoms with Gasteiger partial charge in [0.05, 0.1) is 16.8 Å². The molecule has 14 heavy (non-hydrogen) atoms. The van der Waals surface area contributed by atoms with Gasteiger partial charge in [0.15, 0.2) is 5.13 Å². The highest BCUT2D eigenvalue weighted by atomic mass is 35.5. The Kier molecular flexibility index (Phi) is 2.86. The van der Waals surface area contributed by atoms with Crippen LogP contribution in [0.15, 0.2) is 18.2 Å². The number of halogens is 1. The molecule has 0 aliphatic carbocycles. The van der Waals surface area contributed by atoms with Crippen LogP contribution in [0.2, 0.25) is 5.02 Å². The number of anilines is 1. The van der Waals surface area contributed by atoms with Crippen molar-refractivity contribution in [1.29, 1.82) is 0 Å². The molecule has 0 bridgehead atoms. The van der Waals surface area contributed by atoms with Crippen molar-refractivity contribution in [2.75, 3.05) is 18.5 Å². The van der Waals surface area contributed by atoms with Crippen molar-refractivity contribution in [2.45, 2.75) is 0 Å². The van der Waals surface area contributed by atoms with Gasteiger partial charge in [-0.3, -0.25) is 0 Å². The number of nitrogens with zero attached hydrogens (tertiary/aromatic N) is 1. The Morgan fingerprint density at radius 3 is 3.14 bits per heavy atom. The summed E-state index contributed by atoms with van der Waals surface area (Å²) in [6.07, 6.45) is 0. The van der Waals surface area contributed by atoms with Gasteiger partial charge in [0.2, 0.25) is 0 Å². The van der Waals surface area contributed by atoms with Crippen LogP contribution in [0.1, 0.15) is 0 Å². The Bertz CT molecular complexity index is 443. The summed E-state index contributed by atoms with van der Waals surface area (Å²) in [5.74, 6) is 0. The van der Waals surface area contributed by atoms with Crippen LogP contribution >= 0.6 is 22.9 Å². The lowest BCUT2D eigenvalue weighted by Crippen LogP contribution is -2.04. The largest absolute Gasteiger partial charge is 0.395 e. The summed E-state index contributed by atoms with van der Waals surface area (Å²) in [5, 5.41) is 13.2. The Morgan fingerprint density at radius 1 is 1.50 bits per heavy atom. The molecule has 5 heteroatoms. The second kappa shape index (κ2) is 4.13. The predicted molar refractivity (Wildman–Crippen MR) is 60.2 cm³/mol. The van der Waals surface area contributed by atoms with Crippen LogP contribution in [0, 0.1) is 0 Å². The van der Waals surface area contributed by atoms with Gasteiger partial charge in [-0.05, 0) is 18.2 Å². The van der Waals surface area contributed by atoms with E-state index < -0.39 is 0 Å². The molecule has 0 aliphatic rings. The molecule has 0 amide bonds. The van der Waals surface area contributed by atoms with Crippen molar-refractivity contribution in [3.63, 3.8) is 0 Å². The molecule has 74 valence electrons. The summed E-state index contributed by atoms with van der Waals surface area (Å²) in [6, 6.07) is 5.59. The third kappa shape index (κ3) is 1.97. The van der Waals surface area contributed by atoms with Gasteiger partial charge in [-0.25, -0.2) is 4.98 Å². The van der Waals surface area contributed by atoms with E-state index in [4.69, 9.17) is 16.7 Å². The van der Waals surface area contributed by atoms with E-state index in [1.807, 2.05) is 18.2 Å². The van der Waals surface area contributed by atoms with E-state index in [1.165, 1.54) is 11.3 Å². The third-order valence-corrected chi connectivity index (χ3v) is 2.95. The number of benzene rings is 1. The van der Waals surface area contributed by atoms with Crippen molar-refractivity contribution < 1.29 is 5.11 Å². The molecule has 0 spiro atoms. The zero-order valence-corrected chi connectivity index (χ0v) is 8.90. The zero-order valence-electron chi connectivity index (χ0n) is 7.33. The molecule has 3 nitrogen and oxygen atoms in total. The minimum absolute atomic E-state index is 0.108. The van der Waals surface area contributed by atoms with E-state index in [2.05, 4.69) is 10.3 Å². The fourth-order valence-corrected chi connectivity index (χ4v) is 2.30. The molecule has 2 N–H and O–H groups in total. The number of aliphatic hydroxyl groups is 1. The summed E-state index contributed by atoms with van der Waals surface area (Å²) in [5.41, 5.74) is 0.930. The molecule has 1 heterocycles. The van der Waals surface area contributed by atoms with Crippen molar-refractivity contribution in [3.8, 4) is 0 Å². The van der Waals surface area contributed by atoms with Crippen molar-refractivity contribution in [3.05, 3.63) is 23.2 Å². The standard InChI is InChI=1S/C9H9ClN2OS/c10-6-1-2-7-8(5-6)14-9(12-7)11-3-4-13/h1-2,5,13H,3-4H2,(H,11,12). The minimum atomic E-state index is 0.108. The van der Waals surface area contributed by atoms with E-state index in [0.29, 0.717) is 6.54 Å². The molecule has 2 rings (SSSR count). The monoisotopic (exact) mass is 228 g/mol. The summed E-state index contributed by atoms with van der Waals surface area (Å²) in [4.78, 5) is 4.33. The lowest BCUT2D eigenvalue weighted by atomic mass is 10.3. The van der Waals surface area contributed by atoms with E-state index in [1.54, 1.807) is 0 Å². The molecule has 1 aromatic heterocycles. The number of nitrogens with one attached hydrogen (secondary N) is 1. The highest BCUT2D eigenvalue weighted by Gasteiger charge is 2.02. The summed E-state index contributed by atoms with van der Waals surface area (Å²) >= 11 is 7.38. The Hall–Kier alpha value is -0.840. The summed E-state index contributed by atoms with van der Waals surface area (Å²) < 4.78 is 1.05. The van der Waals surface area contributed by atoms with Crippen LogP contribution in [0.25, 0.3) is 10.2 Å². The van der Waals surface area contributed by atoms with Crippen LogP contribution < -0.4 is 5.32 Å². The highest BCUT2D eigenvalue weighted by molar-refractivity contribution is 7.22. The maximum Gasteiger partial charge on any atom is 0.183 e. The number of hydrogen-bond donors (Lipinski definition) is 2. The van der Waals surface area contributed by atoms with Gasteiger partial charge < -0.3 is 10.4 Å². The van der Waals surface area contributed by atoms with Crippen LogP contribution in [0.4, 0.5) is 5.13 Å². The fraction of sp³-hybridized carbons (Fsp3) is 0.222. The van der Waals surface area contributed by atoms with Gasteiger partial charge in [0.1, 0.15) is 0 Å². The number of aromatic nitrogens is 1. The van der Waals surface area contributed by atoms with Gasteiger partial charge in [-0.2, -0.15) is 0 Å². The van der Waals surface area contributed by atoms with E-state index in [9.17, 15) is 0 Å². The van der Waals surface area contributed by atoms with E-state index in [-0.39, 0.29) is 6.61 Å². The SMILES string of the molecule is OCCNc1nc2ccc(Cl)cc2s1. The molecular formula is C9H9ClN2OS. The first-order chi connectivity index (χ1) is 6.79. The maximum atomic E-state index is 8.64. The second-order valence-corrected chi connectivity index (χ2v) is 4.25. The summed E-state index contributed by atoms with van der Waals surface area (Å²) in [6.45, 7) is 0.629. The quantitative estimate of drug-likeness (QED) is 0.848. The molecule has 0 fully saturated rings. The van der Waals surface area contributed by atoms with Crippen LogP contribution in [0.5, 0.6) is 0 Å². The molecule has 0 atom stereocenters. The fourth-order valence-electron chi connectivity index (χ4n) is 1.14. The lowest BCUT2D eigenvalue weighted by Gasteiger charge is -1.95. The topological polar surface area (TPSA) is 45.1 Å². The first-order valence-electron chi connectivity index (χ1n) is 4.20. The van der Waals surface area contributed by atoms with Crippen molar-refractivity contribution in [2.24, 2.45) is 0 Å². The normalized spacial score (nSPS) is 10.7. The smallest absolute Gasteiger partial charge is 0.183 e. The number of thiazole rings is 1. The lowest BCUT2D eigenvalue weighted by molar-refractivity contribution is 0.311. The first kappa shape index (κ1) is 9.71. The van der Waals surface area contributed by atoms with Gasteiger partial charge >= 0.3 is 0 Å². The maximum absolute atomic E-state index is 8.64. The van der Waals surface area contributed by atoms with Gasteiger partial charge in [0, 0.05) is 11.6 Å². The molecule has 2 aromatic rings. The van der Waals surface area contributed by atoms with Crippen molar-refractivity contribution in [1.82, 2.24) is 4.98 Å². The average Bonchev–Trinajstić information content (AvgIpc) is 2.56. The zero-order chi connectivity index (χ0) is 9.97. The van der Waals surface area contributed by atoms with Gasteiger partial charge in [-0.1, -0.05) is 22.9 Å². The number of aliphatic hydroxyl groups excluding tert-OH is 1. The second-order valence-electron chi connectivity index (χ2n) is 2.78. The minimum Gasteiger partial charge on any atom is -0.395 e. The summed E-state index contributed by atoms with van der Waals surface area (Å²) in [7, 11) is 0. The molecular weight excluding hydrogens is 220 g/mol. The predicted octanol–water partition coefficient (Wildman–Crippen LogP) is 2.35. The molecule has 0 unspecified atom stereocenters. The molecule has 0 radical (unpaired) electrons. The number of rotatable bonds is 3. The average molecular weight is 229 g/mol. The highest BCUT2D eigenvalue weighted by Crippen LogP contribution is 2.27. The molecule has 0 saturated heterocycles. The van der Waals surface area contributed by atoms with Crippen LogP contribution in [0.3, 0.4) is 0 Å². The number of fused-ring (bicyclic) bond motifs is 1. The van der Waals surface area contributed by atoms with E-state index >= 15 is 0 Å². The Morgan fingerprint density at radius 2 is 2.36 bits per heavy atom. The van der Waals surface area contributed by atoms with E-state index in [0.717, 1.165) is 20.4 Å². The third-order valence-electron chi connectivity index (χ3n) is 1.74. The first-order valence-corrected chi connectivity index (χ1v) is 5.40.